The van der Waals surface area contributed by atoms with Crippen molar-refractivity contribution >= 4 is 0 Å². The Morgan fingerprint density at radius 3 is 2.42 bits per heavy atom. The second kappa shape index (κ2) is 4.97. The summed E-state index contributed by atoms with van der Waals surface area (Å²) in [4.78, 5) is 3.45. The van der Waals surface area contributed by atoms with Gasteiger partial charge in [-0.1, -0.05) is 18.2 Å². The molecule has 0 unspecified atom stereocenters. The van der Waals surface area contributed by atoms with E-state index in [-0.39, 0.29) is 16.8 Å². The number of alkyl halides is 3. The quantitative estimate of drug-likeness (QED) is 0.670. The van der Waals surface area contributed by atoms with Crippen LogP contribution in [0.4, 0.5) is 17.6 Å². The zero-order chi connectivity index (χ0) is 14.0. The van der Waals surface area contributed by atoms with Gasteiger partial charge in [0, 0.05) is 5.56 Å². The lowest BCUT2D eigenvalue weighted by molar-refractivity contribution is -0.137. The highest BCUT2D eigenvalue weighted by molar-refractivity contribution is 5.65. The van der Waals surface area contributed by atoms with Crippen molar-refractivity contribution < 1.29 is 22.7 Å². The fraction of sp³-hybridized carbons (Fsp3) is 0.154. The summed E-state index contributed by atoms with van der Waals surface area (Å²) in [5.41, 5.74) is -1.10. The van der Waals surface area contributed by atoms with Crippen LogP contribution in [0.15, 0.2) is 36.4 Å². The molecule has 0 aliphatic carbocycles. The van der Waals surface area contributed by atoms with Gasteiger partial charge < -0.3 is 5.11 Å². The van der Waals surface area contributed by atoms with Crippen molar-refractivity contribution in [1.82, 2.24) is 4.98 Å². The van der Waals surface area contributed by atoms with E-state index in [2.05, 4.69) is 4.98 Å². The third kappa shape index (κ3) is 2.90. The molecule has 1 N–H and O–H groups in total. The molecule has 1 heterocycles. The van der Waals surface area contributed by atoms with Crippen LogP contribution < -0.4 is 0 Å². The number of nitrogens with zero attached hydrogens (tertiary/aromatic N) is 1. The smallest absolute Gasteiger partial charge is 0.392 e. The summed E-state index contributed by atoms with van der Waals surface area (Å²) in [6.45, 7) is -0.472. The molecular weight excluding hydrogens is 262 g/mol. The number of aliphatic hydroxyl groups is 1. The third-order valence-corrected chi connectivity index (χ3v) is 2.54. The van der Waals surface area contributed by atoms with Crippen molar-refractivity contribution in [2.45, 2.75) is 12.8 Å². The molecule has 6 heteroatoms. The van der Waals surface area contributed by atoms with Gasteiger partial charge in [-0.25, -0.2) is 4.98 Å². The molecule has 0 radical (unpaired) electrons. The minimum absolute atomic E-state index is 0.156. The van der Waals surface area contributed by atoms with Gasteiger partial charge in [0.15, 0.2) is 0 Å². The number of hydrogen-bond donors (Lipinski definition) is 1. The maximum Gasteiger partial charge on any atom is 0.417 e. The van der Waals surface area contributed by atoms with Crippen molar-refractivity contribution in [3.05, 3.63) is 53.5 Å². The summed E-state index contributed by atoms with van der Waals surface area (Å²) in [5, 5.41) is 8.95. The Bertz CT molecular complexity index is 595. The topological polar surface area (TPSA) is 33.1 Å². The van der Waals surface area contributed by atoms with Crippen molar-refractivity contribution in [3.63, 3.8) is 0 Å². The predicted molar refractivity (Wildman–Crippen MR) is 60.6 cm³/mol. The van der Waals surface area contributed by atoms with Crippen molar-refractivity contribution in [2.24, 2.45) is 0 Å². The van der Waals surface area contributed by atoms with E-state index in [1.54, 1.807) is 0 Å². The SMILES string of the molecule is OCc1cc(F)nc(-c2ccccc2C(F)(F)F)c1. The van der Waals surface area contributed by atoms with Crippen molar-refractivity contribution in [1.29, 1.82) is 0 Å². The van der Waals surface area contributed by atoms with Crippen LogP contribution in [0.1, 0.15) is 11.1 Å². The van der Waals surface area contributed by atoms with Gasteiger partial charge in [0.25, 0.3) is 0 Å². The Morgan fingerprint density at radius 1 is 1.11 bits per heavy atom. The lowest BCUT2D eigenvalue weighted by Crippen LogP contribution is -2.07. The first kappa shape index (κ1) is 13.5. The standard InChI is InChI=1S/C13H9F4NO/c14-12-6-8(7-19)5-11(18-12)9-3-1-2-4-10(9)13(15,16)17/h1-6,19H,7H2. The molecule has 0 saturated carbocycles. The highest BCUT2D eigenvalue weighted by Gasteiger charge is 2.33. The fourth-order valence-corrected chi connectivity index (χ4v) is 1.73. The molecule has 2 nitrogen and oxygen atoms in total. The molecule has 2 rings (SSSR count). The van der Waals surface area contributed by atoms with Crippen LogP contribution >= 0.6 is 0 Å². The van der Waals surface area contributed by atoms with E-state index in [1.807, 2.05) is 0 Å². The van der Waals surface area contributed by atoms with Gasteiger partial charge in [-0.2, -0.15) is 17.6 Å². The van der Waals surface area contributed by atoms with E-state index in [0.717, 1.165) is 12.1 Å². The largest absolute Gasteiger partial charge is 0.417 e. The predicted octanol–water partition coefficient (Wildman–Crippen LogP) is 3.40. The third-order valence-electron chi connectivity index (χ3n) is 2.54. The monoisotopic (exact) mass is 271 g/mol. The Hall–Kier alpha value is -1.95. The molecule has 0 aliphatic heterocycles. The molecule has 0 spiro atoms. The summed E-state index contributed by atoms with van der Waals surface area (Å²) >= 11 is 0. The van der Waals surface area contributed by atoms with Crippen LogP contribution in [-0.2, 0) is 12.8 Å². The van der Waals surface area contributed by atoms with E-state index in [4.69, 9.17) is 5.11 Å². The molecule has 0 atom stereocenters. The van der Waals surface area contributed by atoms with Crippen LogP contribution in [0.5, 0.6) is 0 Å². The first-order valence-corrected chi connectivity index (χ1v) is 5.35. The Balaban J connectivity index is 2.62. The van der Waals surface area contributed by atoms with Gasteiger partial charge in [0.05, 0.1) is 17.9 Å². The van der Waals surface area contributed by atoms with E-state index >= 15 is 0 Å². The molecule has 0 saturated heterocycles. The zero-order valence-electron chi connectivity index (χ0n) is 9.58. The minimum Gasteiger partial charge on any atom is -0.392 e. The Kier molecular flexibility index (Phi) is 3.53. The van der Waals surface area contributed by atoms with Gasteiger partial charge in [-0.15, -0.1) is 0 Å². The summed E-state index contributed by atoms with van der Waals surface area (Å²) in [5.74, 6) is -0.932. The fourth-order valence-electron chi connectivity index (χ4n) is 1.73. The zero-order valence-corrected chi connectivity index (χ0v) is 9.58. The first-order chi connectivity index (χ1) is 8.91. The maximum atomic E-state index is 13.2. The second-order valence-corrected chi connectivity index (χ2v) is 3.88. The number of rotatable bonds is 2. The summed E-state index contributed by atoms with van der Waals surface area (Å²) in [6.07, 6.45) is -4.55. The molecule has 19 heavy (non-hydrogen) atoms. The molecule has 0 bridgehead atoms. The van der Waals surface area contributed by atoms with Gasteiger partial charge in [0.2, 0.25) is 5.95 Å². The molecule has 1 aromatic heterocycles. The number of aromatic nitrogens is 1. The van der Waals surface area contributed by atoms with E-state index in [9.17, 15) is 17.6 Å². The van der Waals surface area contributed by atoms with E-state index < -0.39 is 24.3 Å². The van der Waals surface area contributed by atoms with Gasteiger partial charge in [-0.3, -0.25) is 0 Å². The molecular formula is C13H9F4NO. The lowest BCUT2D eigenvalue weighted by atomic mass is 10.0. The van der Waals surface area contributed by atoms with Crippen molar-refractivity contribution in [3.8, 4) is 11.3 Å². The lowest BCUT2D eigenvalue weighted by Gasteiger charge is -2.12. The Labute approximate surface area is 106 Å². The summed E-state index contributed by atoms with van der Waals surface area (Å²) in [6, 6.07) is 6.98. The number of pyridine rings is 1. The minimum atomic E-state index is -4.55. The van der Waals surface area contributed by atoms with E-state index in [0.29, 0.717) is 0 Å². The number of halogens is 4. The highest BCUT2D eigenvalue weighted by atomic mass is 19.4. The van der Waals surface area contributed by atoms with Crippen LogP contribution in [-0.4, -0.2) is 10.1 Å². The summed E-state index contributed by atoms with van der Waals surface area (Å²) in [7, 11) is 0. The second-order valence-electron chi connectivity index (χ2n) is 3.88. The van der Waals surface area contributed by atoms with Crippen LogP contribution in [0.25, 0.3) is 11.3 Å². The van der Waals surface area contributed by atoms with E-state index in [1.165, 1.54) is 24.3 Å². The molecule has 2 aromatic rings. The summed E-state index contributed by atoms with van der Waals surface area (Å²) < 4.78 is 51.8. The molecule has 100 valence electrons. The van der Waals surface area contributed by atoms with Gasteiger partial charge in [-0.05, 0) is 23.8 Å². The number of aliphatic hydroxyl groups excluding tert-OH is 1. The van der Waals surface area contributed by atoms with Crippen LogP contribution in [0.2, 0.25) is 0 Å². The average molecular weight is 271 g/mol. The molecule has 1 aromatic carbocycles. The molecule has 0 aliphatic rings. The number of benzene rings is 1. The average Bonchev–Trinajstić information content (AvgIpc) is 2.37. The number of hydrogen-bond acceptors (Lipinski definition) is 2. The molecule has 0 fully saturated rings. The van der Waals surface area contributed by atoms with Crippen LogP contribution in [0, 0.1) is 5.95 Å². The maximum absolute atomic E-state index is 13.2. The molecule has 0 amide bonds. The van der Waals surface area contributed by atoms with Crippen LogP contribution in [0.3, 0.4) is 0 Å². The Morgan fingerprint density at radius 2 is 1.79 bits per heavy atom. The normalized spacial score (nSPS) is 11.6. The van der Waals surface area contributed by atoms with Gasteiger partial charge >= 0.3 is 6.18 Å². The van der Waals surface area contributed by atoms with Gasteiger partial charge in [0.1, 0.15) is 0 Å². The van der Waals surface area contributed by atoms with Crippen molar-refractivity contribution in [2.75, 3.05) is 0 Å². The first-order valence-electron chi connectivity index (χ1n) is 5.35. The highest BCUT2D eigenvalue weighted by Crippen LogP contribution is 2.36.